The van der Waals surface area contributed by atoms with Gasteiger partial charge >= 0.3 is 11.9 Å². The van der Waals surface area contributed by atoms with Crippen LogP contribution in [0, 0.1) is 5.41 Å². The first-order valence-corrected chi connectivity index (χ1v) is 6.24. The average Bonchev–Trinajstić information content (AvgIpc) is 2.37. The van der Waals surface area contributed by atoms with Crippen LogP contribution in [0.2, 0.25) is 0 Å². The molecule has 0 aliphatic heterocycles. The molecule has 1 atom stereocenters. The number of carboxylic acids is 2. The lowest BCUT2D eigenvalue weighted by Crippen LogP contribution is -2.40. The summed E-state index contributed by atoms with van der Waals surface area (Å²) in [5, 5.41) is 34.0. The number of hydrogen-bond acceptors (Lipinski definition) is 5. The molecule has 7 heteroatoms. The zero-order valence-electron chi connectivity index (χ0n) is 11.0. The van der Waals surface area contributed by atoms with Crippen LogP contribution in [-0.2, 0) is 14.3 Å². The lowest BCUT2D eigenvalue weighted by Gasteiger charge is -2.28. The van der Waals surface area contributed by atoms with Gasteiger partial charge in [-0.15, -0.1) is 0 Å². The molecule has 1 aliphatic carbocycles. The fourth-order valence-corrected chi connectivity index (χ4v) is 1.90. The number of carbonyl (C=O) groups is 2. The highest BCUT2D eigenvalue weighted by Gasteiger charge is 2.46. The van der Waals surface area contributed by atoms with Crippen molar-refractivity contribution in [3.05, 3.63) is 0 Å². The largest absolute Gasteiger partial charge is 0.480 e. The maximum atomic E-state index is 10.7. The van der Waals surface area contributed by atoms with E-state index in [0.717, 1.165) is 6.42 Å². The first-order valence-electron chi connectivity index (χ1n) is 6.24. The summed E-state index contributed by atoms with van der Waals surface area (Å²) < 4.78 is 4.50. The fourth-order valence-electron chi connectivity index (χ4n) is 1.90. The standard InChI is InChI=1S/C8H12O4.C4H10O3/c9-6(10)8(7(11)12)4-2-1-3-5-8;1-4(6)7-3-2-5/h1-5H2,(H,9,10)(H,11,12);4-6H,2-3H2,1H3. The molecule has 19 heavy (non-hydrogen) atoms. The van der Waals surface area contributed by atoms with E-state index < -0.39 is 23.6 Å². The summed E-state index contributed by atoms with van der Waals surface area (Å²) >= 11 is 0. The molecule has 1 unspecified atom stereocenters. The van der Waals surface area contributed by atoms with Gasteiger partial charge in [0.15, 0.2) is 11.7 Å². The third-order valence-electron chi connectivity index (χ3n) is 2.98. The van der Waals surface area contributed by atoms with E-state index in [2.05, 4.69) is 4.74 Å². The SMILES string of the molecule is CC(O)OCCO.O=C(O)C1(C(=O)O)CCCCC1. The zero-order valence-corrected chi connectivity index (χ0v) is 11.0. The van der Waals surface area contributed by atoms with Crippen LogP contribution < -0.4 is 0 Å². The van der Waals surface area contributed by atoms with E-state index in [1.807, 2.05) is 0 Å². The lowest BCUT2D eigenvalue weighted by atomic mass is 9.74. The second kappa shape index (κ2) is 8.84. The molecule has 1 rings (SSSR count). The van der Waals surface area contributed by atoms with E-state index in [-0.39, 0.29) is 26.1 Å². The first kappa shape index (κ1) is 17.8. The van der Waals surface area contributed by atoms with Crippen molar-refractivity contribution in [2.24, 2.45) is 5.41 Å². The van der Waals surface area contributed by atoms with Crippen molar-refractivity contribution < 1.29 is 34.8 Å². The first-order chi connectivity index (χ1) is 8.86. The number of hydrogen-bond donors (Lipinski definition) is 4. The van der Waals surface area contributed by atoms with E-state index in [0.29, 0.717) is 12.8 Å². The fraction of sp³-hybridized carbons (Fsp3) is 0.833. The average molecular weight is 278 g/mol. The van der Waals surface area contributed by atoms with Gasteiger partial charge in [0.2, 0.25) is 0 Å². The summed E-state index contributed by atoms with van der Waals surface area (Å²) in [6.45, 7) is 1.66. The Morgan fingerprint density at radius 1 is 1.16 bits per heavy atom. The van der Waals surface area contributed by atoms with Crippen molar-refractivity contribution in [2.45, 2.75) is 45.3 Å². The molecule has 0 bridgehead atoms. The molecule has 1 aliphatic rings. The molecule has 0 saturated heterocycles. The predicted octanol–water partition coefficient (Wildman–Crippen LogP) is 0.440. The van der Waals surface area contributed by atoms with E-state index in [9.17, 15) is 9.59 Å². The van der Waals surface area contributed by atoms with Gasteiger partial charge in [-0.25, -0.2) is 0 Å². The van der Waals surface area contributed by atoms with Crippen LogP contribution >= 0.6 is 0 Å². The Morgan fingerprint density at radius 2 is 1.63 bits per heavy atom. The summed E-state index contributed by atoms with van der Waals surface area (Å²) in [5.41, 5.74) is -1.49. The Hall–Kier alpha value is -1.18. The Labute approximate surface area is 111 Å². The summed E-state index contributed by atoms with van der Waals surface area (Å²) in [6, 6.07) is 0. The molecular weight excluding hydrogens is 256 g/mol. The third-order valence-corrected chi connectivity index (χ3v) is 2.98. The van der Waals surface area contributed by atoms with E-state index >= 15 is 0 Å². The van der Waals surface area contributed by atoms with Gasteiger partial charge in [-0.2, -0.15) is 0 Å². The summed E-state index contributed by atoms with van der Waals surface area (Å²) in [6.07, 6.45) is 2.15. The van der Waals surface area contributed by atoms with Crippen molar-refractivity contribution in [3.8, 4) is 0 Å². The van der Waals surface area contributed by atoms with Gasteiger partial charge in [-0.05, 0) is 19.8 Å². The maximum Gasteiger partial charge on any atom is 0.321 e. The van der Waals surface area contributed by atoms with Crippen molar-refractivity contribution in [2.75, 3.05) is 13.2 Å². The Bertz CT molecular complexity index is 266. The van der Waals surface area contributed by atoms with Crippen LogP contribution in [0.3, 0.4) is 0 Å². The number of ether oxygens (including phenoxy) is 1. The van der Waals surface area contributed by atoms with Gasteiger partial charge in [0.25, 0.3) is 0 Å². The topological polar surface area (TPSA) is 124 Å². The Kier molecular flexibility index (Phi) is 8.29. The molecule has 0 radical (unpaired) electrons. The van der Waals surface area contributed by atoms with Crippen molar-refractivity contribution in [1.29, 1.82) is 0 Å². The Balaban J connectivity index is 0.000000399. The molecule has 7 nitrogen and oxygen atoms in total. The van der Waals surface area contributed by atoms with Crippen LogP contribution in [0.15, 0.2) is 0 Å². The molecule has 1 saturated carbocycles. The van der Waals surface area contributed by atoms with E-state index in [1.165, 1.54) is 6.92 Å². The number of aliphatic hydroxyl groups is 2. The van der Waals surface area contributed by atoms with Crippen LogP contribution in [0.1, 0.15) is 39.0 Å². The lowest BCUT2D eigenvalue weighted by molar-refractivity contribution is -0.167. The zero-order chi connectivity index (χ0) is 14.9. The monoisotopic (exact) mass is 278 g/mol. The van der Waals surface area contributed by atoms with Crippen molar-refractivity contribution in [3.63, 3.8) is 0 Å². The van der Waals surface area contributed by atoms with Crippen LogP contribution in [-0.4, -0.2) is 51.9 Å². The number of rotatable bonds is 5. The minimum Gasteiger partial charge on any atom is -0.480 e. The molecule has 0 aromatic rings. The Morgan fingerprint density at radius 3 is 1.84 bits per heavy atom. The van der Waals surface area contributed by atoms with Crippen LogP contribution in [0.5, 0.6) is 0 Å². The van der Waals surface area contributed by atoms with Crippen LogP contribution in [0.4, 0.5) is 0 Å². The van der Waals surface area contributed by atoms with Gasteiger partial charge in [-0.1, -0.05) is 19.3 Å². The molecule has 0 aromatic carbocycles. The number of aliphatic carboxylic acids is 2. The molecule has 0 heterocycles. The summed E-state index contributed by atoms with van der Waals surface area (Å²) in [4.78, 5) is 21.5. The minimum absolute atomic E-state index is 0.0368. The van der Waals surface area contributed by atoms with Crippen molar-refractivity contribution >= 4 is 11.9 Å². The van der Waals surface area contributed by atoms with Crippen molar-refractivity contribution in [1.82, 2.24) is 0 Å². The molecule has 0 amide bonds. The molecule has 4 N–H and O–H groups in total. The highest BCUT2D eigenvalue weighted by molar-refractivity contribution is 5.98. The number of carboxylic acid groups (broad SMARTS) is 2. The summed E-state index contributed by atoms with van der Waals surface area (Å²) in [7, 11) is 0. The van der Waals surface area contributed by atoms with Gasteiger partial charge in [0, 0.05) is 0 Å². The number of aliphatic hydroxyl groups excluding tert-OH is 2. The normalized spacial score (nSPS) is 18.9. The third kappa shape index (κ3) is 6.00. The minimum atomic E-state index is -1.49. The van der Waals surface area contributed by atoms with Gasteiger partial charge in [-0.3, -0.25) is 9.59 Å². The highest BCUT2D eigenvalue weighted by atomic mass is 16.6. The second-order valence-electron chi connectivity index (χ2n) is 4.45. The predicted molar refractivity (Wildman–Crippen MR) is 65.5 cm³/mol. The molecule has 0 aromatic heterocycles. The maximum absolute atomic E-state index is 10.7. The molecule has 0 spiro atoms. The molecule has 1 fully saturated rings. The van der Waals surface area contributed by atoms with Gasteiger partial charge in [0.1, 0.15) is 0 Å². The molecular formula is C12H22O7. The van der Waals surface area contributed by atoms with Gasteiger partial charge < -0.3 is 25.2 Å². The smallest absolute Gasteiger partial charge is 0.321 e. The highest BCUT2D eigenvalue weighted by Crippen LogP contribution is 2.36. The molecule has 112 valence electrons. The second-order valence-corrected chi connectivity index (χ2v) is 4.45. The van der Waals surface area contributed by atoms with Gasteiger partial charge in [0.05, 0.1) is 13.2 Å². The van der Waals surface area contributed by atoms with Crippen LogP contribution in [0.25, 0.3) is 0 Å². The quantitative estimate of drug-likeness (QED) is 0.425. The van der Waals surface area contributed by atoms with E-state index in [4.69, 9.17) is 20.4 Å². The van der Waals surface area contributed by atoms with E-state index in [1.54, 1.807) is 0 Å². The summed E-state index contributed by atoms with van der Waals surface area (Å²) in [5.74, 6) is -2.37.